The summed E-state index contributed by atoms with van der Waals surface area (Å²) in [4.78, 5) is 6.94. The summed E-state index contributed by atoms with van der Waals surface area (Å²) >= 11 is 6.01. The summed E-state index contributed by atoms with van der Waals surface area (Å²) in [5, 5.41) is 3.94. The van der Waals surface area contributed by atoms with Crippen LogP contribution in [0.15, 0.2) is 29.3 Å². The number of nitrogens with one attached hydrogen (secondary N) is 1. The first-order valence-electron chi connectivity index (χ1n) is 8.00. The van der Waals surface area contributed by atoms with Gasteiger partial charge >= 0.3 is 0 Å². The van der Waals surface area contributed by atoms with E-state index in [1.165, 1.54) is 5.56 Å². The van der Waals surface area contributed by atoms with Gasteiger partial charge < -0.3 is 15.8 Å². The molecule has 1 aromatic rings. The molecule has 1 unspecified atom stereocenters. The number of aliphatic imine (C=N–C) groups is 1. The van der Waals surface area contributed by atoms with Crippen molar-refractivity contribution >= 4 is 41.5 Å². The molecule has 136 valence electrons. The molecule has 1 aromatic carbocycles. The van der Waals surface area contributed by atoms with Crippen LogP contribution < -0.4 is 11.1 Å². The van der Waals surface area contributed by atoms with Gasteiger partial charge in [-0.05, 0) is 38.5 Å². The van der Waals surface area contributed by atoms with E-state index in [-0.39, 0.29) is 35.6 Å². The van der Waals surface area contributed by atoms with Crippen LogP contribution in [0.2, 0.25) is 5.02 Å². The second kappa shape index (κ2) is 9.79. The van der Waals surface area contributed by atoms with E-state index < -0.39 is 0 Å². The second-order valence-electron chi connectivity index (χ2n) is 6.82. The summed E-state index contributed by atoms with van der Waals surface area (Å²) in [5.74, 6) is 0.477. The molecular formula is C17H28ClIN4O. The molecule has 24 heavy (non-hydrogen) atoms. The summed E-state index contributed by atoms with van der Waals surface area (Å²) < 4.78 is 5.46. The molecule has 0 saturated carbocycles. The molecule has 0 amide bonds. The Balaban J connectivity index is 0.00000288. The topological polar surface area (TPSA) is 62.9 Å². The average Bonchev–Trinajstić information content (AvgIpc) is 2.48. The van der Waals surface area contributed by atoms with E-state index in [0.29, 0.717) is 12.5 Å². The van der Waals surface area contributed by atoms with Crippen LogP contribution in [0.5, 0.6) is 0 Å². The molecule has 1 atom stereocenters. The standard InChI is InChI=1S/C17H27ClN4O.HI/c1-17(2,3)21-16(19)20-12-15(22-8-10-23-11-9-22)13-4-6-14(18)7-5-13;/h4-7,15H,8-12H2,1-3H3,(H3,19,20,21);1H. The molecule has 0 spiro atoms. The number of nitrogens with zero attached hydrogens (tertiary/aromatic N) is 2. The number of ether oxygens (including phenoxy) is 1. The number of rotatable bonds is 4. The molecule has 1 aliphatic rings. The molecule has 1 aliphatic heterocycles. The summed E-state index contributed by atoms with van der Waals surface area (Å²) in [6.07, 6.45) is 0. The minimum absolute atomic E-state index is 0. The van der Waals surface area contributed by atoms with Gasteiger partial charge in [-0.3, -0.25) is 9.89 Å². The van der Waals surface area contributed by atoms with E-state index >= 15 is 0 Å². The van der Waals surface area contributed by atoms with Crippen molar-refractivity contribution in [2.24, 2.45) is 10.7 Å². The second-order valence-corrected chi connectivity index (χ2v) is 7.25. The van der Waals surface area contributed by atoms with E-state index in [0.717, 1.165) is 31.3 Å². The van der Waals surface area contributed by atoms with Crippen molar-refractivity contribution in [3.05, 3.63) is 34.9 Å². The lowest BCUT2D eigenvalue weighted by atomic mass is 10.0. The van der Waals surface area contributed by atoms with Gasteiger partial charge in [0.1, 0.15) is 0 Å². The molecule has 0 radical (unpaired) electrons. The summed E-state index contributed by atoms with van der Waals surface area (Å²) in [7, 11) is 0. The largest absolute Gasteiger partial charge is 0.379 e. The predicted octanol–water partition coefficient (Wildman–Crippen LogP) is 3.03. The average molecular weight is 467 g/mol. The third-order valence-corrected chi connectivity index (χ3v) is 3.93. The van der Waals surface area contributed by atoms with Crippen LogP contribution in [-0.2, 0) is 4.74 Å². The first-order chi connectivity index (χ1) is 10.8. The number of hydrogen-bond acceptors (Lipinski definition) is 3. The number of hydrogen-bond donors (Lipinski definition) is 2. The zero-order valence-electron chi connectivity index (χ0n) is 14.6. The zero-order chi connectivity index (χ0) is 16.9. The van der Waals surface area contributed by atoms with Crippen molar-refractivity contribution in [1.82, 2.24) is 10.2 Å². The Bertz CT molecular complexity index is 524. The van der Waals surface area contributed by atoms with E-state index in [1.54, 1.807) is 0 Å². The monoisotopic (exact) mass is 466 g/mol. The quantitative estimate of drug-likeness (QED) is 0.407. The van der Waals surface area contributed by atoms with Crippen LogP contribution >= 0.6 is 35.6 Å². The Morgan fingerprint density at radius 2 is 1.88 bits per heavy atom. The maximum atomic E-state index is 6.01. The van der Waals surface area contributed by atoms with Gasteiger partial charge in [-0.1, -0.05) is 23.7 Å². The van der Waals surface area contributed by atoms with E-state index in [1.807, 2.05) is 12.1 Å². The fourth-order valence-electron chi connectivity index (χ4n) is 2.61. The molecule has 7 heteroatoms. The smallest absolute Gasteiger partial charge is 0.189 e. The third kappa shape index (κ3) is 7.13. The molecule has 3 N–H and O–H groups in total. The lowest BCUT2D eigenvalue weighted by Gasteiger charge is -2.34. The number of nitrogens with two attached hydrogens (primary N) is 1. The van der Waals surface area contributed by atoms with Gasteiger partial charge in [0.15, 0.2) is 5.96 Å². The fraction of sp³-hybridized carbons (Fsp3) is 0.588. The van der Waals surface area contributed by atoms with E-state index in [2.05, 4.69) is 48.1 Å². The third-order valence-electron chi connectivity index (χ3n) is 3.68. The fourth-order valence-corrected chi connectivity index (χ4v) is 2.74. The molecule has 0 aromatic heterocycles. The lowest BCUT2D eigenvalue weighted by molar-refractivity contribution is 0.0180. The first kappa shape index (κ1) is 21.5. The molecule has 2 rings (SSSR count). The van der Waals surface area contributed by atoms with Gasteiger partial charge in [-0.15, -0.1) is 24.0 Å². The van der Waals surface area contributed by atoms with Gasteiger partial charge in [0.2, 0.25) is 0 Å². The maximum absolute atomic E-state index is 6.01. The van der Waals surface area contributed by atoms with Gasteiger partial charge in [0.05, 0.1) is 25.8 Å². The van der Waals surface area contributed by atoms with Crippen molar-refractivity contribution < 1.29 is 4.74 Å². The summed E-state index contributed by atoms with van der Waals surface area (Å²) in [6.45, 7) is 10.1. The van der Waals surface area contributed by atoms with Crippen molar-refractivity contribution in [3.8, 4) is 0 Å². The van der Waals surface area contributed by atoms with Crippen LogP contribution in [-0.4, -0.2) is 49.2 Å². The van der Waals surface area contributed by atoms with Crippen molar-refractivity contribution in [2.75, 3.05) is 32.8 Å². The lowest BCUT2D eigenvalue weighted by Crippen LogP contribution is -2.45. The Morgan fingerprint density at radius 3 is 2.42 bits per heavy atom. The molecule has 1 fully saturated rings. The van der Waals surface area contributed by atoms with Crippen LogP contribution in [0.4, 0.5) is 0 Å². The number of benzene rings is 1. The molecule has 0 bridgehead atoms. The minimum atomic E-state index is -0.0949. The Morgan fingerprint density at radius 1 is 1.29 bits per heavy atom. The van der Waals surface area contributed by atoms with Gasteiger partial charge in [-0.2, -0.15) is 0 Å². The predicted molar refractivity (Wildman–Crippen MR) is 111 cm³/mol. The minimum Gasteiger partial charge on any atom is -0.379 e. The van der Waals surface area contributed by atoms with E-state index in [4.69, 9.17) is 22.1 Å². The van der Waals surface area contributed by atoms with Crippen molar-refractivity contribution in [2.45, 2.75) is 32.4 Å². The molecule has 5 nitrogen and oxygen atoms in total. The Kier molecular flexibility index (Phi) is 8.76. The van der Waals surface area contributed by atoms with E-state index in [9.17, 15) is 0 Å². The van der Waals surface area contributed by atoms with Crippen LogP contribution in [0.25, 0.3) is 0 Å². The van der Waals surface area contributed by atoms with Gasteiger partial charge in [-0.25, -0.2) is 0 Å². The van der Waals surface area contributed by atoms with Gasteiger partial charge in [0.25, 0.3) is 0 Å². The Labute approximate surface area is 167 Å². The number of guanidine groups is 1. The SMILES string of the molecule is CC(C)(C)NC(N)=NCC(c1ccc(Cl)cc1)N1CCOCC1.I. The number of halogens is 2. The number of morpholine rings is 1. The highest BCUT2D eigenvalue weighted by Crippen LogP contribution is 2.24. The highest BCUT2D eigenvalue weighted by Gasteiger charge is 2.22. The van der Waals surface area contributed by atoms with Crippen LogP contribution in [0, 0.1) is 0 Å². The highest BCUT2D eigenvalue weighted by atomic mass is 127. The van der Waals surface area contributed by atoms with Crippen LogP contribution in [0.1, 0.15) is 32.4 Å². The first-order valence-corrected chi connectivity index (χ1v) is 8.38. The zero-order valence-corrected chi connectivity index (χ0v) is 17.7. The molecule has 1 heterocycles. The van der Waals surface area contributed by atoms with Crippen molar-refractivity contribution in [3.63, 3.8) is 0 Å². The molecular weight excluding hydrogens is 439 g/mol. The normalized spacial score (nSPS) is 17.9. The van der Waals surface area contributed by atoms with Crippen molar-refractivity contribution in [1.29, 1.82) is 0 Å². The maximum Gasteiger partial charge on any atom is 0.189 e. The van der Waals surface area contributed by atoms with Gasteiger partial charge in [0, 0.05) is 23.7 Å². The highest BCUT2D eigenvalue weighted by molar-refractivity contribution is 14.0. The molecule has 0 aliphatic carbocycles. The van der Waals surface area contributed by atoms with Crippen LogP contribution in [0.3, 0.4) is 0 Å². The molecule has 1 saturated heterocycles. The summed E-state index contributed by atoms with van der Waals surface area (Å²) in [6, 6.07) is 8.14. The summed E-state index contributed by atoms with van der Waals surface area (Å²) in [5.41, 5.74) is 7.12. The Hall–Kier alpha value is -0.570.